The highest BCUT2D eigenvalue weighted by Gasteiger charge is 2.30. The van der Waals surface area contributed by atoms with E-state index in [9.17, 15) is 9.59 Å². The van der Waals surface area contributed by atoms with E-state index in [0.29, 0.717) is 12.4 Å². The van der Waals surface area contributed by atoms with E-state index < -0.39 is 0 Å². The van der Waals surface area contributed by atoms with Crippen LogP contribution in [0.4, 0.5) is 5.69 Å². The average molecular weight is 399 g/mol. The standard InChI is InChI=1S/C24H34N2O3/c1-2-29-22-11-7-6-10-21(22)26-24(28)20-14-12-19(13-15-20)23(27)25-17-16-18-8-4-3-5-9-18/h6-8,10-11,19-20H,2-5,9,12-17H2,1H3,(H,25,27)(H,26,28). The predicted octanol–water partition coefficient (Wildman–Crippen LogP) is 4.84. The summed E-state index contributed by atoms with van der Waals surface area (Å²) in [5.41, 5.74) is 2.21. The van der Waals surface area contributed by atoms with E-state index in [0.717, 1.165) is 44.3 Å². The summed E-state index contributed by atoms with van der Waals surface area (Å²) in [7, 11) is 0. The number of carbonyl (C=O) groups is 2. The van der Waals surface area contributed by atoms with Crippen molar-refractivity contribution >= 4 is 17.5 Å². The van der Waals surface area contributed by atoms with E-state index in [1.54, 1.807) is 0 Å². The van der Waals surface area contributed by atoms with Gasteiger partial charge in [0.1, 0.15) is 5.75 Å². The van der Waals surface area contributed by atoms with Gasteiger partial charge in [0, 0.05) is 18.4 Å². The first-order valence-electron chi connectivity index (χ1n) is 11.2. The van der Waals surface area contributed by atoms with Crippen LogP contribution in [0.2, 0.25) is 0 Å². The average Bonchev–Trinajstić information content (AvgIpc) is 2.76. The van der Waals surface area contributed by atoms with Gasteiger partial charge in [-0.1, -0.05) is 23.8 Å². The van der Waals surface area contributed by atoms with Gasteiger partial charge in [-0.25, -0.2) is 0 Å². The molecule has 1 aromatic rings. The third-order valence-corrected chi connectivity index (χ3v) is 6.04. The summed E-state index contributed by atoms with van der Waals surface area (Å²) in [5.74, 6) is 0.878. The van der Waals surface area contributed by atoms with Gasteiger partial charge in [0.25, 0.3) is 0 Å². The van der Waals surface area contributed by atoms with Gasteiger partial charge in [-0.2, -0.15) is 0 Å². The van der Waals surface area contributed by atoms with Gasteiger partial charge in [-0.3, -0.25) is 9.59 Å². The van der Waals surface area contributed by atoms with E-state index in [1.165, 1.54) is 31.3 Å². The lowest BCUT2D eigenvalue weighted by Gasteiger charge is -2.27. The zero-order valence-corrected chi connectivity index (χ0v) is 17.5. The number of hydrogen-bond donors (Lipinski definition) is 2. The molecule has 0 radical (unpaired) electrons. The minimum absolute atomic E-state index is 0.0280. The Kier molecular flexibility index (Phi) is 8.14. The van der Waals surface area contributed by atoms with Crippen LogP contribution in [-0.4, -0.2) is 25.0 Å². The highest BCUT2D eigenvalue weighted by atomic mass is 16.5. The molecule has 158 valence electrons. The van der Waals surface area contributed by atoms with Crippen LogP contribution in [0.5, 0.6) is 5.75 Å². The van der Waals surface area contributed by atoms with Gasteiger partial charge < -0.3 is 15.4 Å². The Morgan fingerprint density at radius 1 is 1.03 bits per heavy atom. The number of allylic oxidation sites excluding steroid dienone is 1. The van der Waals surface area contributed by atoms with Crippen molar-refractivity contribution < 1.29 is 14.3 Å². The van der Waals surface area contributed by atoms with Crippen LogP contribution in [0.3, 0.4) is 0 Å². The molecule has 0 bridgehead atoms. The topological polar surface area (TPSA) is 67.4 Å². The Labute approximate surface area is 174 Å². The maximum Gasteiger partial charge on any atom is 0.227 e. The summed E-state index contributed by atoms with van der Waals surface area (Å²) >= 11 is 0. The molecular formula is C24H34N2O3. The maximum atomic E-state index is 12.7. The predicted molar refractivity (Wildman–Crippen MR) is 116 cm³/mol. The minimum atomic E-state index is -0.0406. The van der Waals surface area contributed by atoms with Crippen molar-refractivity contribution in [3.63, 3.8) is 0 Å². The Bertz CT molecular complexity index is 721. The summed E-state index contributed by atoms with van der Waals surface area (Å²) in [5, 5.41) is 6.12. The Morgan fingerprint density at radius 3 is 2.45 bits per heavy atom. The van der Waals surface area contributed by atoms with Crippen molar-refractivity contribution in [3.8, 4) is 5.75 Å². The van der Waals surface area contributed by atoms with Crippen LogP contribution in [0.15, 0.2) is 35.9 Å². The largest absolute Gasteiger partial charge is 0.492 e. The number of hydrogen-bond acceptors (Lipinski definition) is 3. The summed E-state index contributed by atoms with van der Waals surface area (Å²) in [6.07, 6.45) is 11.3. The van der Waals surface area contributed by atoms with E-state index in [4.69, 9.17) is 4.74 Å². The quantitative estimate of drug-likeness (QED) is 0.616. The number of rotatable bonds is 8. The molecule has 29 heavy (non-hydrogen) atoms. The Balaban J connectivity index is 1.41. The molecule has 0 heterocycles. The van der Waals surface area contributed by atoms with E-state index >= 15 is 0 Å². The molecule has 5 nitrogen and oxygen atoms in total. The fraction of sp³-hybridized carbons (Fsp3) is 0.583. The van der Waals surface area contributed by atoms with Crippen LogP contribution >= 0.6 is 0 Å². The molecule has 5 heteroatoms. The second kappa shape index (κ2) is 11.0. The molecule has 0 saturated heterocycles. The molecule has 1 fully saturated rings. The number of benzene rings is 1. The molecule has 0 aromatic heterocycles. The fourth-order valence-electron chi connectivity index (χ4n) is 4.33. The van der Waals surface area contributed by atoms with Crippen molar-refractivity contribution in [2.45, 2.75) is 64.7 Å². The first kappa shape index (κ1) is 21.4. The first-order chi connectivity index (χ1) is 14.2. The second-order valence-corrected chi connectivity index (χ2v) is 8.12. The smallest absolute Gasteiger partial charge is 0.227 e. The van der Waals surface area contributed by atoms with Gasteiger partial charge in [0.05, 0.1) is 12.3 Å². The van der Waals surface area contributed by atoms with Crippen LogP contribution in [0.25, 0.3) is 0 Å². The summed E-state index contributed by atoms with van der Waals surface area (Å²) in [6.45, 7) is 3.22. The van der Waals surface area contributed by atoms with Gasteiger partial charge in [-0.05, 0) is 76.8 Å². The normalized spacial score (nSPS) is 21.8. The molecule has 0 unspecified atom stereocenters. The molecule has 1 aromatic carbocycles. The van der Waals surface area contributed by atoms with Crippen molar-refractivity contribution in [2.75, 3.05) is 18.5 Å². The molecule has 2 amide bonds. The zero-order chi connectivity index (χ0) is 20.5. The van der Waals surface area contributed by atoms with Gasteiger partial charge in [0.15, 0.2) is 0 Å². The lowest BCUT2D eigenvalue weighted by molar-refractivity contribution is -0.128. The second-order valence-electron chi connectivity index (χ2n) is 8.12. The Morgan fingerprint density at radius 2 is 1.76 bits per heavy atom. The molecule has 2 aliphatic carbocycles. The lowest BCUT2D eigenvalue weighted by atomic mass is 9.81. The first-order valence-corrected chi connectivity index (χ1v) is 11.2. The zero-order valence-electron chi connectivity index (χ0n) is 17.5. The van der Waals surface area contributed by atoms with Crippen molar-refractivity contribution in [1.29, 1.82) is 0 Å². The van der Waals surface area contributed by atoms with Crippen LogP contribution < -0.4 is 15.4 Å². The molecule has 1 saturated carbocycles. The van der Waals surface area contributed by atoms with Crippen molar-refractivity contribution in [3.05, 3.63) is 35.9 Å². The number of nitrogens with one attached hydrogen (secondary N) is 2. The summed E-state index contributed by atoms with van der Waals surface area (Å²) in [6, 6.07) is 7.52. The number of carbonyl (C=O) groups excluding carboxylic acids is 2. The monoisotopic (exact) mass is 398 g/mol. The van der Waals surface area contributed by atoms with Crippen LogP contribution in [0, 0.1) is 11.8 Å². The highest BCUT2D eigenvalue weighted by molar-refractivity contribution is 5.94. The van der Waals surface area contributed by atoms with Gasteiger partial charge >= 0.3 is 0 Å². The number of ether oxygens (including phenoxy) is 1. The third kappa shape index (κ3) is 6.34. The van der Waals surface area contributed by atoms with Gasteiger partial charge in [-0.15, -0.1) is 0 Å². The van der Waals surface area contributed by atoms with Crippen molar-refractivity contribution in [1.82, 2.24) is 5.32 Å². The number of amides is 2. The van der Waals surface area contributed by atoms with Crippen LogP contribution in [0.1, 0.15) is 64.7 Å². The van der Waals surface area contributed by atoms with Gasteiger partial charge in [0.2, 0.25) is 11.8 Å². The lowest BCUT2D eigenvalue weighted by Crippen LogP contribution is -2.36. The fourth-order valence-corrected chi connectivity index (χ4v) is 4.33. The number of para-hydroxylation sites is 2. The molecule has 0 aliphatic heterocycles. The van der Waals surface area contributed by atoms with Crippen LogP contribution in [-0.2, 0) is 9.59 Å². The molecular weight excluding hydrogens is 364 g/mol. The maximum absolute atomic E-state index is 12.7. The third-order valence-electron chi connectivity index (χ3n) is 6.04. The minimum Gasteiger partial charge on any atom is -0.492 e. The highest BCUT2D eigenvalue weighted by Crippen LogP contribution is 2.31. The number of anilines is 1. The van der Waals surface area contributed by atoms with Crippen molar-refractivity contribution in [2.24, 2.45) is 11.8 Å². The molecule has 0 spiro atoms. The SMILES string of the molecule is CCOc1ccccc1NC(=O)C1CCC(C(=O)NCCC2=CCCCC2)CC1. The van der Waals surface area contributed by atoms with E-state index in [1.807, 2.05) is 31.2 Å². The molecule has 2 N–H and O–H groups in total. The molecule has 2 aliphatic rings. The Hall–Kier alpha value is -2.30. The summed E-state index contributed by atoms with van der Waals surface area (Å²) in [4.78, 5) is 25.2. The van der Waals surface area contributed by atoms with E-state index in [-0.39, 0.29) is 23.7 Å². The summed E-state index contributed by atoms with van der Waals surface area (Å²) < 4.78 is 5.58. The molecule has 0 atom stereocenters. The molecule has 3 rings (SSSR count). The van der Waals surface area contributed by atoms with E-state index in [2.05, 4.69) is 16.7 Å².